The molecule has 1 saturated heterocycles. The van der Waals surface area contributed by atoms with Gasteiger partial charge in [0.05, 0.1) is 10.5 Å². The number of anilines is 1. The predicted octanol–water partition coefficient (Wildman–Crippen LogP) is 0.557. The highest BCUT2D eigenvalue weighted by Crippen LogP contribution is 2.28. The second kappa shape index (κ2) is 5.65. The lowest BCUT2D eigenvalue weighted by molar-refractivity contribution is -0.0319. The van der Waals surface area contributed by atoms with Crippen LogP contribution < -0.4 is 11.3 Å². The molecule has 7 nitrogen and oxygen atoms in total. The number of nitrogens with one attached hydrogen (secondary N) is 1. The maximum absolute atomic E-state index is 12.6. The van der Waals surface area contributed by atoms with Gasteiger partial charge in [0, 0.05) is 32.5 Å². The third-order valence-corrected chi connectivity index (χ3v) is 5.47. The average Bonchev–Trinajstić information content (AvgIpc) is 2.47. The van der Waals surface area contributed by atoms with Crippen molar-refractivity contribution >= 4 is 15.8 Å². The molecule has 0 amide bonds. The van der Waals surface area contributed by atoms with Gasteiger partial charge in [-0.3, -0.25) is 0 Å². The molecule has 0 bridgehead atoms. The highest BCUT2D eigenvalue weighted by atomic mass is 32.2. The minimum Gasteiger partial charge on any atom is -0.377 e. The van der Waals surface area contributed by atoms with Crippen LogP contribution >= 0.6 is 0 Å². The van der Waals surface area contributed by atoms with Gasteiger partial charge in [-0.15, -0.1) is 0 Å². The largest absolute Gasteiger partial charge is 0.377 e. The predicted molar refractivity (Wildman–Crippen MR) is 75.5 cm³/mol. The van der Waals surface area contributed by atoms with Crippen LogP contribution in [-0.2, 0) is 14.8 Å². The zero-order valence-corrected chi connectivity index (χ0v) is 12.5. The Balaban J connectivity index is 2.30. The highest BCUT2D eigenvalue weighted by Gasteiger charge is 2.37. The number of nitrogens with zero attached hydrogens (tertiary/aromatic N) is 2. The molecular formula is C12H20N4O3S. The summed E-state index contributed by atoms with van der Waals surface area (Å²) in [6.45, 7) is 2.77. The van der Waals surface area contributed by atoms with E-state index in [4.69, 9.17) is 10.6 Å². The standard InChI is InChI=1S/C12H20N4O3S/c1-12(19-2)5-3-7-16(9-12)20(17,18)10-4-6-14-11(8-10)15-13/h4,6,8H,3,5,7,9,13H2,1-2H3,(H,14,15). The minimum atomic E-state index is -3.56. The molecule has 0 saturated carbocycles. The third kappa shape index (κ3) is 2.93. The Hall–Kier alpha value is -1.22. The lowest BCUT2D eigenvalue weighted by Crippen LogP contribution is -2.49. The van der Waals surface area contributed by atoms with Gasteiger partial charge < -0.3 is 10.2 Å². The van der Waals surface area contributed by atoms with E-state index in [2.05, 4.69) is 10.4 Å². The third-order valence-electron chi connectivity index (χ3n) is 3.63. The maximum atomic E-state index is 12.6. The van der Waals surface area contributed by atoms with Crippen LogP contribution in [-0.4, -0.2) is 43.5 Å². The van der Waals surface area contributed by atoms with Crippen molar-refractivity contribution in [2.75, 3.05) is 25.6 Å². The summed E-state index contributed by atoms with van der Waals surface area (Å²) in [7, 11) is -1.95. The second-order valence-electron chi connectivity index (χ2n) is 5.12. The van der Waals surface area contributed by atoms with Gasteiger partial charge in [0.1, 0.15) is 5.82 Å². The van der Waals surface area contributed by atoms with E-state index in [1.807, 2.05) is 6.92 Å². The molecule has 2 rings (SSSR count). The van der Waals surface area contributed by atoms with Crippen molar-refractivity contribution < 1.29 is 13.2 Å². The number of nitrogen functional groups attached to an aromatic ring is 1. The number of piperidine rings is 1. The molecule has 1 fully saturated rings. The zero-order valence-electron chi connectivity index (χ0n) is 11.7. The van der Waals surface area contributed by atoms with Crippen LogP contribution in [0.15, 0.2) is 23.2 Å². The van der Waals surface area contributed by atoms with Gasteiger partial charge in [-0.05, 0) is 25.8 Å². The number of hydrogen-bond donors (Lipinski definition) is 2. The first kappa shape index (κ1) is 15.2. The van der Waals surface area contributed by atoms with Crippen LogP contribution in [0.1, 0.15) is 19.8 Å². The van der Waals surface area contributed by atoms with E-state index in [1.165, 1.54) is 22.6 Å². The normalized spacial score (nSPS) is 24.6. The summed E-state index contributed by atoms with van der Waals surface area (Å²) >= 11 is 0. The summed E-state index contributed by atoms with van der Waals surface area (Å²) in [5.74, 6) is 5.58. The van der Waals surface area contributed by atoms with E-state index in [1.54, 1.807) is 7.11 Å². The van der Waals surface area contributed by atoms with Gasteiger partial charge in [-0.1, -0.05) is 0 Å². The average molecular weight is 300 g/mol. The van der Waals surface area contributed by atoms with Gasteiger partial charge >= 0.3 is 0 Å². The minimum absolute atomic E-state index is 0.181. The Morgan fingerprint density at radius 2 is 2.30 bits per heavy atom. The fraction of sp³-hybridized carbons (Fsp3) is 0.583. The SMILES string of the molecule is COC1(C)CCCN(S(=O)(=O)c2ccnc(NN)c2)C1. The van der Waals surface area contributed by atoms with Crippen LogP contribution in [0, 0.1) is 0 Å². The fourth-order valence-electron chi connectivity index (χ4n) is 2.33. The lowest BCUT2D eigenvalue weighted by atomic mass is 9.96. The topological polar surface area (TPSA) is 97.5 Å². The molecule has 1 unspecified atom stereocenters. The number of nitrogens with two attached hydrogens (primary N) is 1. The van der Waals surface area contributed by atoms with Crippen LogP contribution in [0.25, 0.3) is 0 Å². The van der Waals surface area contributed by atoms with E-state index in [0.717, 1.165) is 12.8 Å². The highest BCUT2D eigenvalue weighted by molar-refractivity contribution is 7.89. The van der Waals surface area contributed by atoms with Crippen LogP contribution in [0.2, 0.25) is 0 Å². The van der Waals surface area contributed by atoms with Crippen LogP contribution in [0.4, 0.5) is 5.82 Å². The van der Waals surface area contributed by atoms with Crippen molar-refractivity contribution in [3.05, 3.63) is 18.3 Å². The molecule has 1 aromatic heterocycles. The summed E-state index contributed by atoms with van der Waals surface area (Å²) < 4.78 is 32.2. The van der Waals surface area contributed by atoms with Gasteiger partial charge in [-0.25, -0.2) is 19.2 Å². The smallest absolute Gasteiger partial charge is 0.243 e. The Bertz CT molecular complexity index is 578. The Morgan fingerprint density at radius 3 is 2.95 bits per heavy atom. The van der Waals surface area contributed by atoms with Gasteiger partial charge in [0.2, 0.25) is 10.0 Å². The first-order chi connectivity index (χ1) is 9.41. The van der Waals surface area contributed by atoms with Crippen LogP contribution in [0.3, 0.4) is 0 Å². The summed E-state index contributed by atoms with van der Waals surface area (Å²) in [5.41, 5.74) is 1.91. The molecule has 1 aliphatic heterocycles. The summed E-state index contributed by atoms with van der Waals surface area (Å²) in [6, 6.07) is 2.89. The summed E-state index contributed by atoms with van der Waals surface area (Å²) in [4.78, 5) is 4.10. The maximum Gasteiger partial charge on any atom is 0.243 e. The van der Waals surface area contributed by atoms with Crippen molar-refractivity contribution in [2.45, 2.75) is 30.3 Å². The molecule has 0 aromatic carbocycles. The van der Waals surface area contributed by atoms with Crippen LogP contribution in [0.5, 0.6) is 0 Å². The number of sulfonamides is 1. The summed E-state index contributed by atoms with van der Waals surface area (Å²) in [6.07, 6.45) is 3.04. The summed E-state index contributed by atoms with van der Waals surface area (Å²) in [5, 5.41) is 0. The van der Waals surface area contributed by atoms with E-state index >= 15 is 0 Å². The molecule has 20 heavy (non-hydrogen) atoms. The molecule has 2 heterocycles. The number of aromatic nitrogens is 1. The second-order valence-corrected chi connectivity index (χ2v) is 7.06. The molecule has 0 spiro atoms. The quantitative estimate of drug-likeness (QED) is 0.623. The molecule has 0 radical (unpaired) electrons. The van der Waals surface area contributed by atoms with Crippen molar-refractivity contribution in [3.8, 4) is 0 Å². The molecule has 8 heteroatoms. The molecule has 3 N–H and O–H groups in total. The number of hydrazine groups is 1. The van der Waals surface area contributed by atoms with Gasteiger partial charge in [-0.2, -0.15) is 4.31 Å². The lowest BCUT2D eigenvalue weighted by Gasteiger charge is -2.38. The van der Waals surface area contributed by atoms with E-state index in [9.17, 15) is 8.42 Å². The van der Waals surface area contributed by atoms with E-state index < -0.39 is 15.6 Å². The molecule has 1 aliphatic rings. The van der Waals surface area contributed by atoms with Gasteiger partial charge in [0.25, 0.3) is 0 Å². The first-order valence-electron chi connectivity index (χ1n) is 6.39. The molecule has 1 atom stereocenters. The first-order valence-corrected chi connectivity index (χ1v) is 7.83. The number of rotatable bonds is 4. The van der Waals surface area contributed by atoms with E-state index in [-0.39, 0.29) is 4.90 Å². The van der Waals surface area contributed by atoms with E-state index in [0.29, 0.717) is 18.9 Å². The fourth-order valence-corrected chi connectivity index (χ4v) is 3.94. The Labute approximate surface area is 119 Å². The van der Waals surface area contributed by atoms with Crippen molar-refractivity contribution in [1.82, 2.24) is 9.29 Å². The molecular weight excluding hydrogens is 280 g/mol. The van der Waals surface area contributed by atoms with Crippen molar-refractivity contribution in [2.24, 2.45) is 5.84 Å². The number of ether oxygens (including phenoxy) is 1. The number of pyridine rings is 1. The van der Waals surface area contributed by atoms with Crippen molar-refractivity contribution in [1.29, 1.82) is 0 Å². The van der Waals surface area contributed by atoms with Crippen molar-refractivity contribution in [3.63, 3.8) is 0 Å². The molecule has 112 valence electrons. The Kier molecular flexibility index (Phi) is 4.28. The molecule has 1 aromatic rings. The van der Waals surface area contributed by atoms with Gasteiger partial charge in [0.15, 0.2) is 0 Å². The number of methoxy groups -OCH3 is 1. The molecule has 0 aliphatic carbocycles. The number of hydrogen-bond acceptors (Lipinski definition) is 6. The zero-order chi connectivity index (χ0) is 14.8. The monoisotopic (exact) mass is 300 g/mol. The Morgan fingerprint density at radius 1 is 1.55 bits per heavy atom.